The number of hydrogen-bond acceptors (Lipinski definition) is 3. The fraction of sp³-hybridized carbons (Fsp3) is 0.182. The van der Waals surface area contributed by atoms with Gasteiger partial charge in [0.15, 0.2) is 0 Å². The number of rotatable bonds is 5. The van der Waals surface area contributed by atoms with E-state index in [2.05, 4.69) is 15.9 Å². The molecule has 2 N–H and O–H groups in total. The summed E-state index contributed by atoms with van der Waals surface area (Å²) in [5, 5.41) is 17.6. The van der Waals surface area contributed by atoms with Gasteiger partial charge in [0.1, 0.15) is 13.1 Å². The van der Waals surface area contributed by atoms with E-state index in [9.17, 15) is 14.4 Å². The maximum absolute atomic E-state index is 12.0. The monoisotopic (exact) mass is 349 g/mol. The van der Waals surface area contributed by atoms with Crippen LogP contribution in [-0.4, -0.2) is 46.0 Å². The summed E-state index contributed by atoms with van der Waals surface area (Å²) in [6, 6.07) is 4.33. The fourth-order valence-electron chi connectivity index (χ4n) is 1.39. The normalized spacial score (nSPS) is 10.0. The molecule has 1 aromatic rings. The van der Waals surface area contributed by atoms with Crippen LogP contribution in [0.15, 0.2) is 22.7 Å². The minimum atomic E-state index is -1.30. The molecule has 8 heteroatoms. The molecule has 0 aliphatic carbocycles. The van der Waals surface area contributed by atoms with Gasteiger partial charge in [0.05, 0.1) is 0 Å². The number of amides is 1. The zero-order valence-corrected chi connectivity index (χ0v) is 11.8. The maximum atomic E-state index is 12.0. The van der Waals surface area contributed by atoms with Gasteiger partial charge in [-0.3, -0.25) is 14.4 Å². The molecule has 0 bridgehead atoms. The molecule has 0 fully saturated rings. The highest BCUT2D eigenvalue weighted by Gasteiger charge is 2.21. The largest absolute Gasteiger partial charge is 0.480 e. The Labute approximate surface area is 121 Å². The molecule has 1 aromatic carbocycles. The number of halogens is 2. The molecule has 6 nitrogen and oxygen atoms in total. The number of carboxylic acids is 2. The Morgan fingerprint density at radius 2 is 1.63 bits per heavy atom. The molecule has 0 saturated carbocycles. The van der Waals surface area contributed by atoms with E-state index in [0.29, 0.717) is 9.37 Å². The first-order chi connectivity index (χ1) is 8.79. The summed E-state index contributed by atoms with van der Waals surface area (Å²) >= 11 is 8.92. The fourth-order valence-corrected chi connectivity index (χ4v) is 2.25. The molecule has 0 atom stereocenters. The van der Waals surface area contributed by atoms with E-state index in [-0.39, 0.29) is 10.6 Å². The number of carboxylic acid groups (broad SMARTS) is 2. The Hall–Kier alpha value is -1.60. The third-order valence-electron chi connectivity index (χ3n) is 2.05. The number of carbonyl (C=O) groups is 3. The predicted octanol–water partition coefficient (Wildman–Crippen LogP) is 1.71. The lowest BCUT2D eigenvalue weighted by molar-refractivity contribution is -0.140. The molecular weight excluding hydrogens is 341 g/mol. The highest BCUT2D eigenvalue weighted by molar-refractivity contribution is 9.10. The molecular formula is C11H9BrClNO5. The van der Waals surface area contributed by atoms with Crippen LogP contribution in [0.25, 0.3) is 0 Å². The zero-order chi connectivity index (χ0) is 14.6. The lowest BCUT2D eigenvalue weighted by Crippen LogP contribution is -2.39. The molecule has 0 heterocycles. The van der Waals surface area contributed by atoms with Crippen molar-refractivity contribution in [3.05, 3.63) is 33.3 Å². The summed E-state index contributed by atoms with van der Waals surface area (Å²) < 4.78 is 0.536. The molecule has 0 unspecified atom stereocenters. The molecule has 0 spiro atoms. The number of benzene rings is 1. The minimum absolute atomic E-state index is 0.113. The summed E-state index contributed by atoms with van der Waals surface area (Å²) in [5.74, 6) is -3.31. The number of nitrogens with zero attached hydrogens (tertiary/aromatic N) is 1. The Morgan fingerprint density at radius 3 is 2.05 bits per heavy atom. The average Bonchev–Trinajstić information content (AvgIpc) is 2.24. The average molecular weight is 351 g/mol. The Morgan fingerprint density at radius 1 is 1.11 bits per heavy atom. The van der Waals surface area contributed by atoms with E-state index in [4.69, 9.17) is 21.8 Å². The Balaban J connectivity index is 3.03. The topological polar surface area (TPSA) is 94.9 Å². The summed E-state index contributed by atoms with van der Waals surface area (Å²) in [7, 11) is 0. The van der Waals surface area contributed by atoms with Gasteiger partial charge in [-0.25, -0.2) is 0 Å². The minimum Gasteiger partial charge on any atom is -0.480 e. The molecule has 0 saturated heterocycles. The highest BCUT2D eigenvalue weighted by Crippen LogP contribution is 2.20. The zero-order valence-electron chi connectivity index (χ0n) is 9.47. The van der Waals surface area contributed by atoms with Crippen molar-refractivity contribution in [3.8, 4) is 0 Å². The highest BCUT2D eigenvalue weighted by atomic mass is 79.9. The van der Waals surface area contributed by atoms with Gasteiger partial charge in [0.25, 0.3) is 5.91 Å². The van der Waals surface area contributed by atoms with Gasteiger partial charge < -0.3 is 15.1 Å². The second-order valence-electron chi connectivity index (χ2n) is 3.61. The van der Waals surface area contributed by atoms with Crippen LogP contribution in [-0.2, 0) is 9.59 Å². The molecule has 0 aromatic heterocycles. The van der Waals surface area contributed by atoms with Crippen LogP contribution in [0.3, 0.4) is 0 Å². The SMILES string of the molecule is O=C(O)CN(CC(=O)O)C(=O)c1cc(Cl)cc(Br)c1. The first-order valence-corrected chi connectivity index (χ1v) is 6.15. The molecule has 102 valence electrons. The summed E-state index contributed by atoms with van der Waals surface area (Å²) in [5.41, 5.74) is 0.113. The van der Waals surface area contributed by atoms with Gasteiger partial charge in [-0.05, 0) is 18.2 Å². The number of hydrogen-bond donors (Lipinski definition) is 2. The van der Waals surface area contributed by atoms with Crippen molar-refractivity contribution in [3.63, 3.8) is 0 Å². The van der Waals surface area contributed by atoms with Crippen LogP contribution in [0.4, 0.5) is 0 Å². The van der Waals surface area contributed by atoms with Gasteiger partial charge in [-0.1, -0.05) is 27.5 Å². The number of carbonyl (C=O) groups excluding carboxylic acids is 1. The van der Waals surface area contributed by atoms with Crippen molar-refractivity contribution in [2.45, 2.75) is 0 Å². The molecule has 0 radical (unpaired) electrons. The van der Waals surface area contributed by atoms with E-state index in [1.165, 1.54) is 12.1 Å². The van der Waals surface area contributed by atoms with Crippen molar-refractivity contribution in [2.24, 2.45) is 0 Å². The van der Waals surface area contributed by atoms with Crippen molar-refractivity contribution < 1.29 is 24.6 Å². The summed E-state index contributed by atoms with van der Waals surface area (Å²) in [4.78, 5) is 34.0. The maximum Gasteiger partial charge on any atom is 0.323 e. The van der Waals surface area contributed by atoms with Gasteiger partial charge in [0, 0.05) is 15.1 Å². The van der Waals surface area contributed by atoms with Gasteiger partial charge in [-0.15, -0.1) is 0 Å². The van der Waals surface area contributed by atoms with E-state index >= 15 is 0 Å². The molecule has 0 aliphatic rings. The third kappa shape index (κ3) is 4.88. The molecule has 19 heavy (non-hydrogen) atoms. The summed E-state index contributed by atoms with van der Waals surface area (Å²) in [6.07, 6.45) is 0. The van der Waals surface area contributed by atoms with E-state index in [0.717, 1.165) is 0 Å². The molecule has 0 aliphatic heterocycles. The van der Waals surface area contributed by atoms with Crippen LogP contribution >= 0.6 is 27.5 Å². The first kappa shape index (κ1) is 15.5. The lowest BCUT2D eigenvalue weighted by atomic mass is 10.2. The van der Waals surface area contributed by atoms with Gasteiger partial charge in [0.2, 0.25) is 0 Å². The predicted molar refractivity (Wildman–Crippen MR) is 70.3 cm³/mol. The van der Waals surface area contributed by atoms with Crippen molar-refractivity contribution in [1.29, 1.82) is 0 Å². The second-order valence-corrected chi connectivity index (χ2v) is 4.96. The third-order valence-corrected chi connectivity index (χ3v) is 2.73. The second kappa shape index (κ2) is 6.53. The standard InChI is InChI=1S/C11H9BrClNO5/c12-7-1-6(2-8(13)3-7)11(19)14(4-9(15)16)5-10(17)18/h1-3H,4-5H2,(H,15,16)(H,17,18). The number of aliphatic carboxylic acids is 2. The lowest BCUT2D eigenvalue weighted by Gasteiger charge is -2.18. The van der Waals surface area contributed by atoms with Crippen molar-refractivity contribution >= 4 is 45.4 Å². The van der Waals surface area contributed by atoms with E-state index in [1.54, 1.807) is 6.07 Å². The Kier molecular flexibility index (Phi) is 5.31. The van der Waals surface area contributed by atoms with Gasteiger partial charge >= 0.3 is 11.9 Å². The van der Waals surface area contributed by atoms with Crippen LogP contribution in [0, 0.1) is 0 Å². The van der Waals surface area contributed by atoms with Gasteiger partial charge in [-0.2, -0.15) is 0 Å². The van der Waals surface area contributed by atoms with Crippen LogP contribution in [0.2, 0.25) is 5.02 Å². The van der Waals surface area contributed by atoms with Crippen LogP contribution < -0.4 is 0 Å². The quantitative estimate of drug-likeness (QED) is 0.843. The molecule has 1 rings (SSSR count). The van der Waals surface area contributed by atoms with Crippen LogP contribution in [0.1, 0.15) is 10.4 Å². The van der Waals surface area contributed by atoms with E-state index in [1.807, 2.05) is 0 Å². The van der Waals surface area contributed by atoms with Crippen molar-refractivity contribution in [2.75, 3.05) is 13.1 Å². The molecule has 1 amide bonds. The smallest absolute Gasteiger partial charge is 0.323 e. The van der Waals surface area contributed by atoms with E-state index < -0.39 is 30.9 Å². The Bertz CT molecular complexity index is 498. The van der Waals surface area contributed by atoms with Crippen LogP contribution in [0.5, 0.6) is 0 Å². The summed E-state index contributed by atoms with van der Waals surface area (Å²) in [6.45, 7) is -1.40. The first-order valence-electron chi connectivity index (χ1n) is 4.98. The van der Waals surface area contributed by atoms with Crippen molar-refractivity contribution in [1.82, 2.24) is 4.90 Å².